The lowest BCUT2D eigenvalue weighted by molar-refractivity contribution is -0.125. The van der Waals surface area contributed by atoms with E-state index in [4.69, 9.17) is 0 Å². The van der Waals surface area contributed by atoms with Crippen molar-refractivity contribution in [2.75, 3.05) is 18.4 Å². The van der Waals surface area contributed by atoms with Crippen LogP contribution < -0.4 is 10.6 Å². The predicted octanol–water partition coefficient (Wildman–Crippen LogP) is 1.15. The van der Waals surface area contributed by atoms with Gasteiger partial charge in [0.05, 0.1) is 11.8 Å². The van der Waals surface area contributed by atoms with Gasteiger partial charge in [0.15, 0.2) is 5.65 Å². The van der Waals surface area contributed by atoms with Crippen molar-refractivity contribution in [2.24, 2.45) is 11.8 Å². The van der Waals surface area contributed by atoms with Crippen LogP contribution in [0.3, 0.4) is 0 Å². The number of fused-ring (bicyclic) bond motifs is 2. The van der Waals surface area contributed by atoms with Gasteiger partial charge in [-0.3, -0.25) is 9.59 Å². The molecule has 1 saturated heterocycles. The van der Waals surface area contributed by atoms with Crippen molar-refractivity contribution in [3.63, 3.8) is 0 Å². The smallest absolute Gasteiger partial charge is 0.255 e. The third-order valence-electron chi connectivity index (χ3n) is 5.04. The Hall–Kier alpha value is -2.90. The second-order valence-corrected chi connectivity index (χ2v) is 7.23. The average molecular weight is 354 g/mol. The van der Waals surface area contributed by atoms with E-state index in [1.165, 1.54) is 6.08 Å². The Labute approximate surface area is 151 Å². The lowest BCUT2D eigenvalue weighted by Gasteiger charge is -2.18. The molecule has 2 unspecified atom stereocenters. The molecule has 4 rings (SSSR count). The topological polar surface area (TPSA) is 103 Å². The molecule has 8 heteroatoms. The Balaban J connectivity index is 1.47. The van der Waals surface area contributed by atoms with Gasteiger partial charge in [-0.1, -0.05) is 6.58 Å². The van der Waals surface area contributed by atoms with Crippen LogP contribution in [0.2, 0.25) is 0 Å². The third-order valence-corrected chi connectivity index (χ3v) is 5.04. The molecule has 0 aromatic carbocycles. The SMILES string of the molecule is C=CC(=O)N1CC2C(Nc3cnc4[nH]cc(C(=O)NC(C)C)c4n3)[C@H]2C1. The van der Waals surface area contributed by atoms with Crippen LogP contribution in [0.4, 0.5) is 5.82 Å². The molecule has 8 nitrogen and oxygen atoms in total. The molecule has 136 valence electrons. The molecule has 2 amide bonds. The summed E-state index contributed by atoms with van der Waals surface area (Å²) in [6.45, 7) is 8.85. The van der Waals surface area contributed by atoms with Gasteiger partial charge in [-0.05, 0) is 19.9 Å². The number of nitrogens with zero attached hydrogens (tertiary/aromatic N) is 3. The number of anilines is 1. The molecule has 3 heterocycles. The highest BCUT2D eigenvalue weighted by atomic mass is 16.2. The first kappa shape index (κ1) is 16.6. The molecule has 26 heavy (non-hydrogen) atoms. The van der Waals surface area contributed by atoms with E-state index in [2.05, 4.69) is 32.2 Å². The average Bonchev–Trinajstić information content (AvgIpc) is 2.99. The van der Waals surface area contributed by atoms with Crippen LogP contribution in [-0.2, 0) is 4.79 Å². The highest BCUT2D eigenvalue weighted by Gasteiger charge is 2.56. The van der Waals surface area contributed by atoms with E-state index >= 15 is 0 Å². The van der Waals surface area contributed by atoms with Crippen LogP contribution in [0.25, 0.3) is 11.2 Å². The maximum absolute atomic E-state index is 12.3. The Kier molecular flexibility index (Phi) is 3.90. The zero-order valence-corrected chi connectivity index (χ0v) is 14.8. The largest absolute Gasteiger partial charge is 0.365 e. The molecule has 3 atom stereocenters. The van der Waals surface area contributed by atoms with Crippen LogP contribution in [-0.4, -0.2) is 56.8 Å². The summed E-state index contributed by atoms with van der Waals surface area (Å²) in [7, 11) is 0. The number of carbonyl (C=O) groups is 2. The van der Waals surface area contributed by atoms with E-state index in [1.54, 1.807) is 12.4 Å². The molecule has 2 aromatic rings. The van der Waals surface area contributed by atoms with E-state index < -0.39 is 0 Å². The van der Waals surface area contributed by atoms with Crippen LogP contribution in [0.1, 0.15) is 24.2 Å². The number of rotatable bonds is 5. The molecular formula is C18H22N6O2. The van der Waals surface area contributed by atoms with E-state index in [-0.39, 0.29) is 17.9 Å². The van der Waals surface area contributed by atoms with Gasteiger partial charge >= 0.3 is 0 Å². The van der Waals surface area contributed by atoms with E-state index in [0.717, 1.165) is 13.1 Å². The summed E-state index contributed by atoms with van der Waals surface area (Å²) in [6.07, 6.45) is 4.67. The molecule has 3 N–H and O–H groups in total. The predicted molar refractivity (Wildman–Crippen MR) is 97.7 cm³/mol. The highest BCUT2D eigenvalue weighted by molar-refractivity contribution is 6.04. The first-order chi connectivity index (χ1) is 12.5. The lowest BCUT2D eigenvalue weighted by Crippen LogP contribution is -2.32. The van der Waals surface area contributed by atoms with Crippen LogP contribution in [0, 0.1) is 11.8 Å². The fourth-order valence-electron chi connectivity index (χ4n) is 3.69. The van der Waals surface area contributed by atoms with Crippen LogP contribution in [0.5, 0.6) is 0 Å². The molecule has 0 radical (unpaired) electrons. The molecule has 2 fully saturated rings. The van der Waals surface area contributed by atoms with Gasteiger partial charge < -0.3 is 20.5 Å². The number of aromatic nitrogens is 3. The minimum atomic E-state index is -0.167. The summed E-state index contributed by atoms with van der Waals surface area (Å²) in [5.41, 5.74) is 1.63. The number of likely N-dealkylation sites (tertiary alicyclic amines) is 1. The normalized spacial score (nSPS) is 23.8. The van der Waals surface area contributed by atoms with Crippen molar-refractivity contribution >= 4 is 28.8 Å². The van der Waals surface area contributed by atoms with Crippen molar-refractivity contribution in [3.05, 3.63) is 30.6 Å². The first-order valence-corrected chi connectivity index (χ1v) is 8.80. The van der Waals surface area contributed by atoms with Gasteiger partial charge in [0.1, 0.15) is 11.3 Å². The summed E-state index contributed by atoms with van der Waals surface area (Å²) in [5, 5.41) is 6.27. The van der Waals surface area contributed by atoms with Crippen molar-refractivity contribution in [3.8, 4) is 0 Å². The summed E-state index contributed by atoms with van der Waals surface area (Å²) >= 11 is 0. The highest BCUT2D eigenvalue weighted by Crippen LogP contribution is 2.47. The maximum Gasteiger partial charge on any atom is 0.255 e. The van der Waals surface area contributed by atoms with E-state index in [1.807, 2.05) is 18.7 Å². The van der Waals surface area contributed by atoms with Crippen molar-refractivity contribution in [1.82, 2.24) is 25.2 Å². The van der Waals surface area contributed by atoms with E-state index in [0.29, 0.717) is 40.4 Å². The fourth-order valence-corrected chi connectivity index (χ4v) is 3.69. The number of carbonyl (C=O) groups excluding carboxylic acids is 2. The van der Waals surface area contributed by atoms with Crippen molar-refractivity contribution < 1.29 is 9.59 Å². The molecule has 0 spiro atoms. The first-order valence-electron chi connectivity index (χ1n) is 8.80. The zero-order valence-electron chi connectivity index (χ0n) is 14.8. The molecule has 1 aliphatic heterocycles. The second kappa shape index (κ2) is 6.12. The Morgan fingerprint density at radius 1 is 1.38 bits per heavy atom. The molecular weight excluding hydrogens is 332 g/mol. The Morgan fingerprint density at radius 2 is 2.12 bits per heavy atom. The molecule has 0 bridgehead atoms. The maximum atomic E-state index is 12.3. The number of piperidine rings is 1. The van der Waals surface area contributed by atoms with Gasteiger partial charge in [-0.2, -0.15) is 0 Å². The van der Waals surface area contributed by atoms with Crippen LogP contribution in [0.15, 0.2) is 25.0 Å². The van der Waals surface area contributed by atoms with Gasteiger partial charge in [0, 0.05) is 43.2 Å². The quantitative estimate of drug-likeness (QED) is 0.699. The van der Waals surface area contributed by atoms with Gasteiger partial charge in [0.25, 0.3) is 5.91 Å². The fraction of sp³-hybridized carbons (Fsp3) is 0.444. The minimum Gasteiger partial charge on any atom is -0.365 e. The van der Waals surface area contributed by atoms with E-state index in [9.17, 15) is 9.59 Å². The zero-order chi connectivity index (χ0) is 18.4. The van der Waals surface area contributed by atoms with Crippen molar-refractivity contribution in [2.45, 2.75) is 25.9 Å². The summed E-state index contributed by atoms with van der Waals surface area (Å²) in [6, 6.07) is 0.344. The summed E-state index contributed by atoms with van der Waals surface area (Å²) in [5.74, 6) is 1.35. The number of nitrogens with one attached hydrogen (secondary N) is 3. The second-order valence-electron chi connectivity index (χ2n) is 7.23. The molecule has 1 saturated carbocycles. The summed E-state index contributed by atoms with van der Waals surface area (Å²) in [4.78, 5) is 37.7. The minimum absolute atomic E-state index is 0.00899. The standard InChI is InChI=1S/C18H22N6O2/c1-4-14(25)24-7-11-12(8-24)15(11)22-13-6-20-17-16(23-13)10(5-19-17)18(26)21-9(2)3/h4-6,9,11-12,15H,1,7-8H2,2-3H3,(H,19,20)(H,21,26)(H,22,23)/t11-,12?,15?/m0/s1. The number of amides is 2. The van der Waals surface area contributed by atoms with Crippen molar-refractivity contribution in [1.29, 1.82) is 0 Å². The third kappa shape index (κ3) is 2.81. The van der Waals surface area contributed by atoms with Crippen LogP contribution >= 0.6 is 0 Å². The lowest BCUT2D eigenvalue weighted by atomic mass is 10.2. The number of aromatic amines is 1. The Morgan fingerprint density at radius 3 is 2.77 bits per heavy atom. The van der Waals surface area contributed by atoms with Gasteiger partial charge in [-0.25, -0.2) is 9.97 Å². The molecule has 2 aromatic heterocycles. The molecule has 2 aliphatic rings. The Bertz CT molecular complexity index is 877. The number of hydrogen-bond donors (Lipinski definition) is 3. The number of H-pyrrole nitrogens is 1. The van der Waals surface area contributed by atoms with Gasteiger partial charge in [0.2, 0.25) is 5.91 Å². The summed E-state index contributed by atoms with van der Waals surface area (Å²) < 4.78 is 0. The monoisotopic (exact) mass is 354 g/mol. The number of hydrogen-bond acceptors (Lipinski definition) is 5. The molecule has 1 aliphatic carbocycles. The van der Waals surface area contributed by atoms with Gasteiger partial charge in [-0.15, -0.1) is 0 Å².